The molecule has 0 unspecified atom stereocenters. The molecule has 0 saturated heterocycles. The van der Waals surface area contributed by atoms with E-state index in [1.807, 2.05) is 68.4 Å². The molecule has 1 aliphatic rings. The van der Waals surface area contributed by atoms with Crippen molar-refractivity contribution in [1.82, 2.24) is 10.2 Å². The Morgan fingerprint density at radius 3 is 2.41 bits per heavy atom. The van der Waals surface area contributed by atoms with E-state index in [2.05, 4.69) is 23.5 Å². The van der Waals surface area contributed by atoms with Crippen molar-refractivity contribution in [2.24, 2.45) is 0 Å². The molecule has 0 spiro atoms. The highest BCUT2D eigenvalue weighted by Gasteiger charge is 2.32. The van der Waals surface area contributed by atoms with Crippen LogP contribution in [0.25, 0.3) is 0 Å². The Bertz CT molecular complexity index is 1200. The summed E-state index contributed by atoms with van der Waals surface area (Å²) < 4.78 is 5.43. The third-order valence-corrected chi connectivity index (χ3v) is 7.31. The molecule has 3 aromatic rings. The van der Waals surface area contributed by atoms with Crippen LogP contribution in [0.1, 0.15) is 53.5 Å². The number of rotatable bonds is 10. The zero-order chi connectivity index (χ0) is 26.2. The first-order valence-corrected chi connectivity index (χ1v) is 13.3. The predicted molar refractivity (Wildman–Crippen MR) is 147 cm³/mol. The van der Waals surface area contributed by atoms with Crippen molar-refractivity contribution >= 4 is 11.8 Å². The van der Waals surface area contributed by atoms with E-state index >= 15 is 0 Å². The van der Waals surface area contributed by atoms with Crippen LogP contribution >= 0.6 is 0 Å². The van der Waals surface area contributed by atoms with E-state index in [9.17, 15) is 9.59 Å². The van der Waals surface area contributed by atoms with Gasteiger partial charge < -0.3 is 15.0 Å². The monoisotopic (exact) mass is 498 g/mol. The second-order valence-corrected chi connectivity index (χ2v) is 10.2. The Balaban J connectivity index is 1.69. The number of methoxy groups -OCH3 is 1. The van der Waals surface area contributed by atoms with Gasteiger partial charge in [-0.1, -0.05) is 79.1 Å². The average molecular weight is 499 g/mol. The number of carbonyl (C=O) groups excluding carboxylic acids is 2. The Labute approximate surface area is 220 Å². The molecule has 1 atom stereocenters. The van der Waals surface area contributed by atoms with Gasteiger partial charge in [-0.2, -0.15) is 0 Å². The molecule has 1 saturated carbocycles. The summed E-state index contributed by atoms with van der Waals surface area (Å²) in [6, 6.07) is 23.4. The van der Waals surface area contributed by atoms with Crippen LogP contribution in [0, 0.1) is 13.8 Å². The Morgan fingerprint density at radius 2 is 1.68 bits per heavy atom. The number of hydrogen-bond acceptors (Lipinski definition) is 3. The van der Waals surface area contributed by atoms with Crippen molar-refractivity contribution in [2.75, 3.05) is 7.11 Å². The van der Waals surface area contributed by atoms with E-state index in [1.165, 1.54) is 0 Å². The van der Waals surface area contributed by atoms with Gasteiger partial charge in [0.25, 0.3) is 0 Å². The molecular formula is C32H38N2O3. The van der Waals surface area contributed by atoms with E-state index < -0.39 is 6.04 Å². The minimum atomic E-state index is -0.619. The summed E-state index contributed by atoms with van der Waals surface area (Å²) in [7, 11) is 1.63. The number of carbonyl (C=O) groups is 2. The number of aryl methyl sites for hydroxylation is 2. The topological polar surface area (TPSA) is 58.6 Å². The molecule has 0 aliphatic heterocycles. The van der Waals surface area contributed by atoms with Crippen LogP contribution in [0.5, 0.6) is 5.75 Å². The van der Waals surface area contributed by atoms with Crippen molar-refractivity contribution in [3.05, 3.63) is 101 Å². The largest absolute Gasteiger partial charge is 0.497 e. The molecule has 5 nitrogen and oxygen atoms in total. The fourth-order valence-electron chi connectivity index (χ4n) is 5.14. The molecule has 0 aromatic heterocycles. The third kappa shape index (κ3) is 7.22. The van der Waals surface area contributed by atoms with Gasteiger partial charge in [-0.25, -0.2) is 0 Å². The van der Waals surface area contributed by atoms with Crippen LogP contribution in [0.2, 0.25) is 0 Å². The highest BCUT2D eigenvalue weighted by molar-refractivity contribution is 5.89. The van der Waals surface area contributed by atoms with Gasteiger partial charge in [0.15, 0.2) is 0 Å². The maximum atomic E-state index is 14.0. The summed E-state index contributed by atoms with van der Waals surface area (Å²) in [5.74, 6) is 0.599. The van der Waals surface area contributed by atoms with Crippen molar-refractivity contribution in [3.8, 4) is 5.75 Å². The molecule has 0 radical (unpaired) electrons. The van der Waals surface area contributed by atoms with Gasteiger partial charge in [0, 0.05) is 19.0 Å². The van der Waals surface area contributed by atoms with Crippen molar-refractivity contribution < 1.29 is 14.3 Å². The highest BCUT2D eigenvalue weighted by Crippen LogP contribution is 2.22. The molecule has 0 bridgehead atoms. The molecule has 5 heteroatoms. The van der Waals surface area contributed by atoms with E-state index in [0.717, 1.165) is 59.3 Å². The molecule has 3 aromatic carbocycles. The van der Waals surface area contributed by atoms with E-state index in [0.29, 0.717) is 13.0 Å². The number of benzene rings is 3. The summed E-state index contributed by atoms with van der Waals surface area (Å²) >= 11 is 0. The first kappa shape index (κ1) is 26.5. The first-order valence-electron chi connectivity index (χ1n) is 13.3. The van der Waals surface area contributed by atoms with Crippen molar-refractivity contribution in [1.29, 1.82) is 0 Å². The molecule has 1 aliphatic carbocycles. The molecule has 37 heavy (non-hydrogen) atoms. The second-order valence-electron chi connectivity index (χ2n) is 10.2. The maximum absolute atomic E-state index is 14.0. The van der Waals surface area contributed by atoms with Crippen LogP contribution in [0.4, 0.5) is 0 Å². The fraction of sp³-hybridized carbons (Fsp3) is 0.375. The quantitative estimate of drug-likeness (QED) is 0.399. The number of amides is 2. The van der Waals surface area contributed by atoms with Gasteiger partial charge in [-0.15, -0.1) is 0 Å². The van der Waals surface area contributed by atoms with Crippen LogP contribution in [-0.4, -0.2) is 35.9 Å². The number of nitrogens with zero attached hydrogens (tertiary/aromatic N) is 1. The third-order valence-electron chi connectivity index (χ3n) is 7.31. The number of ether oxygens (including phenoxy) is 1. The molecule has 4 rings (SSSR count). The Hall–Kier alpha value is -3.60. The fourth-order valence-corrected chi connectivity index (χ4v) is 5.14. The van der Waals surface area contributed by atoms with E-state index in [-0.39, 0.29) is 24.3 Å². The summed E-state index contributed by atoms with van der Waals surface area (Å²) in [6.45, 7) is 4.40. The SMILES string of the molecule is COc1cccc(CN(C(=O)Cc2cc(C)ccc2C)[C@@H](Cc2ccccc2)C(=O)NC2CCCC2)c1. The van der Waals surface area contributed by atoms with Gasteiger partial charge in [0.05, 0.1) is 13.5 Å². The summed E-state index contributed by atoms with van der Waals surface area (Å²) in [4.78, 5) is 29.6. The van der Waals surface area contributed by atoms with Crippen LogP contribution in [0.15, 0.2) is 72.8 Å². The van der Waals surface area contributed by atoms with E-state index in [4.69, 9.17) is 4.74 Å². The van der Waals surface area contributed by atoms with Gasteiger partial charge >= 0.3 is 0 Å². The van der Waals surface area contributed by atoms with Crippen LogP contribution in [-0.2, 0) is 29.0 Å². The second kappa shape index (κ2) is 12.6. The van der Waals surface area contributed by atoms with Gasteiger partial charge in [-0.3, -0.25) is 9.59 Å². The Morgan fingerprint density at radius 1 is 0.946 bits per heavy atom. The summed E-state index contributed by atoms with van der Waals surface area (Å²) in [6.07, 6.45) is 4.97. The Kier molecular flexibility index (Phi) is 8.99. The lowest BCUT2D eigenvalue weighted by Gasteiger charge is -2.32. The predicted octanol–water partition coefficient (Wildman–Crippen LogP) is 5.55. The lowest BCUT2D eigenvalue weighted by Crippen LogP contribution is -2.52. The van der Waals surface area contributed by atoms with Gasteiger partial charge in [0.2, 0.25) is 11.8 Å². The summed E-state index contributed by atoms with van der Waals surface area (Å²) in [5, 5.41) is 3.27. The lowest BCUT2D eigenvalue weighted by atomic mass is 9.99. The highest BCUT2D eigenvalue weighted by atomic mass is 16.5. The van der Waals surface area contributed by atoms with Gasteiger partial charge in [-0.05, 0) is 61.1 Å². The molecule has 1 fully saturated rings. The van der Waals surface area contributed by atoms with Crippen molar-refractivity contribution in [3.63, 3.8) is 0 Å². The standard InChI is InChI=1S/C32H38N2O3/c1-23-16-17-24(2)27(18-23)21-31(35)34(22-26-12-9-15-29(19-26)37-3)30(20-25-10-5-4-6-11-25)32(36)33-28-13-7-8-14-28/h4-6,9-12,15-19,28,30H,7-8,13-14,20-22H2,1-3H3,(H,33,36)/t30-/m0/s1. The molecule has 194 valence electrons. The minimum Gasteiger partial charge on any atom is -0.497 e. The molecule has 0 heterocycles. The van der Waals surface area contributed by atoms with Crippen LogP contribution in [0.3, 0.4) is 0 Å². The first-order chi connectivity index (χ1) is 17.9. The number of nitrogens with one attached hydrogen (secondary N) is 1. The summed E-state index contributed by atoms with van der Waals surface area (Å²) in [5.41, 5.74) is 5.16. The molecule has 1 N–H and O–H groups in total. The minimum absolute atomic E-state index is 0.0565. The molecule has 2 amide bonds. The van der Waals surface area contributed by atoms with E-state index in [1.54, 1.807) is 12.0 Å². The average Bonchev–Trinajstić information content (AvgIpc) is 3.42. The maximum Gasteiger partial charge on any atom is 0.243 e. The normalized spacial score (nSPS) is 14.2. The van der Waals surface area contributed by atoms with Gasteiger partial charge in [0.1, 0.15) is 11.8 Å². The van der Waals surface area contributed by atoms with Crippen LogP contribution < -0.4 is 10.1 Å². The zero-order valence-corrected chi connectivity index (χ0v) is 22.2. The molecular weight excluding hydrogens is 460 g/mol. The zero-order valence-electron chi connectivity index (χ0n) is 22.2. The lowest BCUT2D eigenvalue weighted by molar-refractivity contribution is -0.141. The number of hydrogen-bond donors (Lipinski definition) is 1. The van der Waals surface area contributed by atoms with Crippen molar-refractivity contribution in [2.45, 2.75) is 71.0 Å². The smallest absolute Gasteiger partial charge is 0.243 e.